The molecule has 3 saturated carbocycles. The molecule has 528 valence electrons. The van der Waals surface area contributed by atoms with Crippen molar-refractivity contribution in [3.63, 3.8) is 0 Å². The lowest BCUT2D eigenvalue weighted by atomic mass is 9.47. The number of ether oxygens (including phenoxy) is 4. The number of aliphatic hydroxyl groups excluding tert-OH is 2. The minimum absolute atomic E-state index is 0.0206. The molecule has 0 bridgehead atoms. The quantitative estimate of drug-likeness (QED) is 0.0151. The number of hydrogen-bond acceptors (Lipinski definition) is 18. The Morgan fingerprint density at radius 1 is 0.825 bits per heavy atom. The maximum Gasteiger partial charge on any atom is 0.408 e. The highest BCUT2D eigenvalue weighted by Gasteiger charge is 2.60. The van der Waals surface area contributed by atoms with Gasteiger partial charge in [0.2, 0.25) is 17.6 Å². The van der Waals surface area contributed by atoms with E-state index in [0.29, 0.717) is 48.5 Å². The molecule has 22 heteroatoms. The number of amides is 3. The number of alkyl carbamates (subject to hydrolysis) is 1. The lowest BCUT2D eigenvalue weighted by Gasteiger charge is -2.58. The number of fused-ring (bicyclic) bond motifs is 8. The number of carbonyl (C=O) groups excluding carboxylic acids is 7. The van der Waals surface area contributed by atoms with Crippen molar-refractivity contribution in [3.8, 4) is 23.0 Å². The summed E-state index contributed by atoms with van der Waals surface area (Å²) in [6, 6.07) is 8.29. The van der Waals surface area contributed by atoms with Crippen LogP contribution in [0.4, 0.5) is 4.79 Å². The number of phenols is 3. The Morgan fingerprint density at radius 2 is 1.56 bits per heavy atom. The molecule has 22 nitrogen and oxygen atoms in total. The van der Waals surface area contributed by atoms with Gasteiger partial charge in [-0.15, -0.1) is 0 Å². The van der Waals surface area contributed by atoms with E-state index in [1.807, 2.05) is 0 Å². The Bertz CT molecular complexity index is 3510. The summed E-state index contributed by atoms with van der Waals surface area (Å²) in [6.45, 7) is 12.6. The van der Waals surface area contributed by atoms with Gasteiger partial charge in [-0.3, -0.25) is 33.6 Å². The molecule has 6 aliphatic carbocycles. The number of carboxylic acid groups (broad SMARTS) is 1. The fourth-order valence-electron chi connectivity index (χ4n) is 18.1. The second kappa shape index (κ2) is 30.1. The number of carboxylic acids is 1. The number of methoxy groups -OCH3 is 1. The van der Waals surface area contributed by atoms with Gasteiger partial charge in [0.25, 0.3) is 0 Å². The van der Waals surface area contributed by atoms with Crippen molar-refractivity contribution in [3.05, 3.63) is 93.1 Å². The third kappa shape index (κ3) is 15.2. The molecule has 1 heterocycles. The molecule has 97 heavy (non-hydrogen) atoms. The van der Waals surface area contributed by atoms with E-state index in [2.05, 4.69) is 56.6 Å². The van der Waals surface area contributed by atoms with Crippen LogP contribution in [0.1, 0.15) is 218 Å². The number of benzene rings is 3. The highest BCUT2D eigenvalue weighted by Crippen LogP contribution is 2.67. The van der Waals surface area contributed by atoms with Crippen LogP contribution in [0.15, 0.2) is 54.1 Å². The number of carbonyl (C=O) groups is 8. The molecule has 1 aliphatic heterocycles. The molecular formula is C75H99N3O19. The van der Waals surface area contributed by atoms with E-state index >= 15 is 0 Å². The van der Waals surface area contributed by atoms with E-state index in [9.17, 15) is 74.1 Å². The number of hydrogen-bond donors (Lipinski definition) is 10. The minimum atomic E-state index is -2.41. The van der Waals surface area contributed by atoms with E-state index in [1.165, 1.54) is 94.9 Å². The zero-order valence-corrected chi connectivity index (χ0v) is 57.0. The predicted octanol–water partition coefficient (Wildman–Crippen LogP) is 9.34. The van der Waals surface area contributed by atoms with Crippen molar-refractivity contribution in [2.24, 2.45) is 52.3 Å². The highest BCUT2D eigenvalue weighted by molar-refractivity contribution is 6.31. The van der Waals surface area contributed by atoms with Gasteiger partial charge in [0.1, 0.15) is 47.4 Å². The molecule has 3 amide bonds. The smallest absolute Gasteiger partial charge is 0.408 e. The van der Waals surface area contributed by atoms with Gasteiger partial charge in [0.15, 0.2) is 23.6 Å². The Hall–Kier alpha value is -7.24. The zero-order valence-electron chi connectivity index (χ0n) is 57.0. The molecular weight excluding hydrogens is 1250 g/mol. The molecule has 0 spiro atoms. The number of Topliss-reactive ketones (excluding diaryl/α,β-unsaturated/α-hetero) is 2. The van der Waals surface area contributed by atoms with Crippen molar-refractivity contribution in [2.45, 2.75) is 225 Å². The first-order valence-corrected chi connectivity index (χ1v) is 35.1. The van der Waals surface area contributed by atoms with Gasteiger partial charge >= 0.3 is 12.1 Å². The summed E-state index contributed by atoms with van der Waals surface area (Å²) < 4.78 is 23.7. The number of allylic oxidation sites excluding steroid dienone is 1. The third-order valence-electron chi connectivity index (χ3n) is 23.4. The number of nitrogens with one attached hydrogen (secondary N) is 3. The van der Waals surface area contributed by atoms with Crippen molar-refractivity contribution < 1.29 is 93.0 Å². The van der Waals surface area contributed by atoms with E-state index in [4.69, 9.17) is 18.9 Å². The summed E-state index contributed by atoms with van der Waals surface area (Å²) in [4.78, 5) is 108. The fraction of sp³-hybridized carbons (Fsp3) is 0.627. The van der Waals surface area contributed by atoms with E-state index in [-0.39, 0.29) is 90.3 Å². The van der Waals surface area contributed by atoms with Crippen molar-refractivity contribution in [1.82, 2.24) is 16.0 Å². The molecule has 3 aromatic carbocycles. The summed E-state index contributed by atoms with van der Waals surface area (Å²) in [5.41, 5.74) is -1.98. The zero-order chi connectivity index (χ0) is 70.0. The lowest BCUT2D eigenvalue weighted by Crippen LogP contribution is -2.56. The van der Waals surface area contributed by atoms with Crippen LogP contribution >= 0.6 is 0 Å². The highest BCUT2D eigenvalue weighted by atomic mass is 16.7. The van der Waals surface area contributed by atoms with Gasteiger partial charge in [0, 0.05) is 68.2 Å². The second-order valence-corrected chi connectivity index (χ2v) is 29.8. The van der Waals surface area contributed by atoms with Crippen molar-refractivity contribution in [1.29, 1.82) is 0 Å². The Morgan fingerprint density at radius 3 is 2.27 bits per heavy atom. The van der Waals surface area contributed by atoms with Crippen molar-refractivity contribution >= 4 is 47.0 Å². The number of aliphatic hydroxyl groups is 3. The predicted molar refractivity (Wildman–Crippen MR) is 355 cm³/mol. The van der Waals surface area contributed by atoms with Crippen LogP contribution in [0.5, 0.6) is 23.0 Å². The lowest BCUT2D eigenvalue weighted by molar-refractivity contribution is -0.249. The van der Waals surface area contributed by atoms with Crippen LogP contribution < -0.4 is 20.7 Å². The van der Waals surface area contributed by atoms with Gasteiger partial charge in [-0.1, -0.05) is 96.2 Å². The molecule has 10 rings (SSSR count). The van der Waals surface area contributed by atoms with Gasteiger partial charge in [-0.05, 0) is 141 Å². The third-order valence-corrected chi connectivity index (χ3v) is 23.4. The van der Waals surface area contributed by atoms with Crippen LogP contribution in [0, 0.1) is 52.3 Å². The topological polar surface area (TPSA) is 351 Å². The molecule has 7 aliphatic rings. The number of rotatable bonds is 27. The van der Waals surface area contributed by atoms with E-state index in [0.717, 1.165) is 36.5 Å². The normalized spacial score (nSPS) is 29.6. The molecule has 0 radical (unpaired) electrons. The maximum absolute atomic E-state index is 14.2. The summed E-state index contributed by atoms with van der Waals surface area (Å²) in [6.07, 6.45) is 6.55. The number of aliphatic carboxylic acids is 1. The van der Waals surface area contributed by atoms with Crippen LogP contribution in [-0.4, -0.2) is 145 Å². The number of aromatic hydroxyl groups is 3. The molecule has 3 aromatic rings. The average Bonchev–Trinajstić information content (AvgIpc) is 1.59. The monoisotopic (exact) mass is 1350 g/mol. The average molecular weight is 1350 g/mol. The van der Waals surface area contributed by atoms with Gasteiger partial charge in [-0.2, -0.15) is 0 Å². The molecule has 4 fully saturated rings. The van der Waals surface area contributed by atoms with Crippen LogP contribution in [0.3, 0.4) is 0 Å². The Balaban J connectivity index is 0.692. The first-order valence-electron chi connectivity index (χ1n) is 35.1. The minimum Gasteiger partial charge on any atom is -0.508 e. The molecule has 10 N–H and O–H groups in total. The molecule has 0 aromatic heterocycles. The van der Waals surface area contributed by atoms with Crippen LogP contribution in [0.25, 0.3) is 0 Å². The first-order chi connectivity index (χ1) is 46.1. The largest absolute Gasteiger partial charge is 0.508 e. The number of unbranched alkanes of at least 4 members (excludes halogenated alkanes) is 1. The van der Waals surface area contributed by atoms with Crippen LogP contribution in [-0.2, 0) is 51.0 Å². The maximum atomic E-state index is 14.2. The number of phenolic OH excluding ortho intramolecular Hbond substituents is 3. The van der Waals surface area contributed by atoms with Crippen molar-refractivity contribution in [2.75, 3.05) is 20.3 Å². The molecule has 1 saturated heterocycles. The molecule has 3 unspecified atom stereocenters. The van der Waals surface area contributed by atoms with Gasteiger partial charge in [-0.25, -0.2) is 4.79 Å². The fourth-order valence-corrected chi connectivity index (χ4v) is 18.1. The van der Waals surface area contributed by atoms with Gasteiger partial charge < -0.3 is 70.6 Å². The van der Waals surface area contributed by atoms with Crippen LogP contribution in [0.2, 0.25) is 0 Å². The standard InChI is InChI=1S/C75H99N3O19/c1-39(2)12-10-13-40(3)50-23-24-51-47-22-19-44-34-46(27-29-73(44,5)52(47)28-30-74(50,51)6)96-72(92)78-53(32-42-17-20-45(80)21-18-42)55(81)33-43(71(90)91)14-8-9-31-76-59(83)25-26-60(84)77-54-35-61(95-41(4)66(54)85)97-57-37-75(93,58(82)38-79)36-49-63(57)70(89)65-64(68(49)87)67(86)48-15-11-16-56(94-7)62(48)69(65)88/h11,15-21,39-41,43,46-47,50-54,57,61,66,79-80,85,87,89,93H,8-10,12-14,22-38H2,1-7H3,(H,76,83)(H,77,84)(H,78,92)(H,90,91)/t40-,41+,43+,46?,47+,50?,51+,52+,53?,54+,57+,61+,66-,73+,74-,75+/m1/s1. The summed E-state index contributed by atoms with van der Waals surface area (Å²) in [5, 5.41) is 85.0. The van der Waals surface area contributed by atoms with E-state index in [1.54, 1.807) is 12.1 Å². The Labute approximate surface area is 567 Å². The number of ketones is 4. The first kappa shape index (κ1) is 72.5. The van der Waals surface area contributed by atoms with E-state index < -0.39 is 137 Å². The summed E-state index contributed by atoms with van der Waals surface area (Å²) >= 11 is 0. The summed E-state index contributed by atoms with van der Waals surface area (Å²) in [5.74, 6) is -4.06. The molecule has 16 atom stereocenters. The SMILES string of the molecule is COc1cccc2c1C(=O)c1c(O)c3c(c(O)c1C2=O)C[C@@](O)(C(=O)CO)C[C@@H]3O[C@H]1C[C@H](NC(=O)CCC(=O)NCCCC[C@@H](CC(=O)C(Cc2ccc(O)cc2)NC(=O)OC2CC[C@@]3(C)C(=CC[C@@H]4[C@@H]3CC[C@]3(C)C([C@H](C)CCCC(C)C)CC[C@@H]43)C2)C(=O)O)[C@H](O)[C@H](C)O1. The summed E-state index contributed by atoms with van der Waals surface area (Å²) in [7, 11) is 1.29. The Kier molecular flexibility index (Phi) is 22.5. The second-order valence-electron chi connectivity index (χ2n) is 29.8. The van der Waals surface area contributed by atoms with Gasteiger partial charge in [0.05, 0.1) is 54.0 Å².